The number of nitrogens with zero attached hydrogens (tertiary/aromatic N) is 2. The van der Waals surface area contributed by atoms with Gasteiger partial charge in [0.05, 0.1) is 30.8 Å². The number of methoxy groups -OCH3 is 1. The second kappa shape index (κ2) is 8.87. The first-order valence-electron chi connectivity index (χ1n) is 10.1. The molecule has 4 rings (SSSR count). The van der Waals surface area contributed by atoms with Crippen LogP contribution in [0, 0.1) is 0 Å². The van der Waals surface area contributed by atoms with Crippen LogP contribution in [0.5, 0.6) is 5.75 Å². The summed E-state index contributed by atoms with van der Waals surface area (Å²) in [4.78, 5) is 12.0. The fourth-order valence-electron chi connectivity index (χ4n) is 3.64. The van der Waals surface area contributed by atoms with Gasteiger partial charge in [0.2, 0.25) is 15.9 Å². The molecular weight excluding hydrogens is 464 g/mol. The zero-order valence-electron chi connectivity index (χ0n) is 17.8. The van der Waals surface area contributed by atoms with Crippen LogP contribution in [0.15, 0.2) is 83.8 Å². The molecule has 33 heavy (non-hydrogen) atoms. The molecule has 1 fully saturated rings. The van der Waals surface area contributed by atoms with Crippen molar-refractivity contribution in [3.63, 3.8) is 0 Å². The molecule has 0 N–H and O–H groups in total. The number of carbonyl (C=O) groups excluding carboxylic acids is 1. The van der Waals surface area contributed by atoms with Crippen LogP contribution in [0.25, 0.3) is 0 Å². The van der Waals surface area contributed by atoms with Gasteiger partial charge in [-0.2, -0.15) is 0 Å². The Labute approximate surface area is 193 Å². The molecule has 10 heteroatoms. The Morgan fingerprint density at radius 3 is 2.18 bits per heavy atom. The number of amides is 1. The summed E-state index contributed by atoms with van der Waals surface area (Å²) in [6.45, 7) is 0.0432. The van der Waals surface area contributed by atoms with E-state index in [1.807, 2.05) is 30.3 Å². The van der Waals surface area contributed by atoms with E-state index in [0.29, 0.717) is 9.99 Å². The average Bonchev–Trinajstić information content (AvgIpc) is 3.10. The average molecular weight is 487 g/mol. The standard InChI is InChI=1S/C23H22N2O6S2/c1-31-21-13-12-20(25-23(26)14-15-32(25,27)28)16-22(21)33(29,30)24(19-10-6-3-7-11-19)17-18-8-4-2-5-9-18/h2-13,16H,14-15,17H2,1H3. The van der Waals surface area contributed by atoms with Crippen LogP contribution in [0.3, 0.4) is 0 Å². The van der Waals surface area contributed by atoms with Crippen molar-refractivity contribution in [1.82, 2.24) is 0 Å². The highest BCUT2D eigenvalue weighted by Crippen LogP contribution is 2.36. The first kappa shape index (κ1) is 22.8. The normalized spacial score (nSPS) is 15.4. The fraction of sp³-hybridized carbons (Fsp3) is 0.174. The number of rotatable bonds is 7. The number of hydrogen-bond donors (Lipinski definition) is 0. The lowest BCUT2D eigenvalue weighted by atomic mass is 10.2. The highest BCUT2D eigenvalue weighted by Gasteiger charge is 2.38. The molecule has 0 radical (unpaired) electrons. The SMILES string of the molecule is COc1ccc(N2C(=O)CCS2(=O)=O)cc1S(=O)(=O)N(Cc1ccccc1)c1ccccc1. The number of anilines is 2. The van der Waals surface area contributed by atoms with Crippen molar-refractivity contribution < 1.29 is 26.4 Å². The molecule has 0 saturated carbocycles. The molecule has 0 aromatic heterocycles. The molecule has 1 saturated heterocycles. The highest BCUT2D eigenvalue weighted by atomic mass is 32.2. The van der Waals surface area contributed by atoms with E-state index in [-0.39, 0.29) is 35.1 Å². The lowest BCUT2D eigenvalue weighted by Crippen LogP contribution is -2.32. The van der Waals surface area contributed by atoms with Crippen molar-refractivity contribution in [2.75, 3.05) is 21.5 Å². The van der Waals surface area contributed by atoms with Gasteiger partial charge >= 0.3 is 0 Å². The minimum absolute atomic E-state index is 0.0374. The number of benzene rings is 3. The third kappa shape index (κ3) is 4.44. The summed E-state index contributed by atoms with van der Waals surface area (Å²) in [5.74, 6) is -0.881. The summed E-state index contributed by atoms with van der Waals surface area (Å²) in [7, 11) is -6.75. The third-order valence-corrected chi connectivity index (χ3v) is 8.73. The second-order valence-electron chi connectivity index (χ2n) is 7.39. The minimum atomic E-state index is -4.23. The third-order valence-electron chi connectivity index (χ3n) is 5.24. The van der Waals surface area contributed by atoms with E-state index >= 15 is 0 Å². The van der Waals surface area contributed by atoms with Crippen LogP contribution in [0.1, 0.15) is 12.0 Å². The Balaban J connectivity index is 1.86. The van der Waals surface area contributed by atoms with Gasteiger partial charge in [0, 0.05) is 6.42 Å². The zero-order chi connectivity index (χ0) is 23.6. The smallest absolute Gasteiger partial charge is 0.268 e. The van der Waals surface area contributed by atoms with E-state index in [0.717, 1.165) is 5.56 Å². The molecule has 0 bridgehead atoms. The number of para-hydroxylation sites is 1. The van der Waals surface area contributed by atoms with Gasteiger partial charge in [-0.1, -0.05) is 48.5 Å². The molecule has 0 spiro atoms. The Morgan fingerprint density at radius 2 is 1.61 bits per heavy atom. The summed E-state index contributed by atoms with van der Waals surface area (Å²) < 4.78 is 59.8. The molecule has 0 aliphatic carbocycles. The van der Waals surface area contributed by atoms with Gasteiger partial charge < -0.3 is 4.74 Å². The molecule has 3 aromatic carbocycles. The van der Waals surface area contributed by atoms with Crippen LogP contribution >= 0.6 is 0 Å². The minimum Gasteiger partial charge on any atom is -0.495 e. The van der Waals surface area contributed by atoms with Crippen molar-refractivity contribution >= 4 is 37.3 Å². The van der Waals surface area contributed by atoms with E-state index in [9.17, 15) is 21.6 Å². The number of ether oxygens (including phenoxy) is 1. The predicted molar refractivity (Wildman–Crippen MR) is 125 cm³/mol. The van der Waals surface area contributed by atoms with Crippen LogP contribution in [0.2, 0.25) is 0 Å². The maximum absolute atomic E-state index is 13.9. The molecule has 1 aliphatic heterocycles. The molecule has 1 aliphatic rings. The summed E-state index contributed by atoms with van der Waals surface area (Å²) in [6, 6.07) is 21.6. The lowest BCUT2D eigenvalue weighted by molar-refractivity contribution is -0.116. The van der Waals surface area contributed by atoms with Crippen molar-refractivity contribution in [2.45, 2.75) is 17.9 Å². The number of sulfonamides is 2. The van der Waals surface area contributed by atoms with Crippen molar-refractivity contribution in [1.29, 1.82) is 0 Å². The van der Waals surface area contributed by atoms with E-state index < -0.39 is 26.0 Å². The molecule has 3 aromatic rings. The van der Waals surface area contributed by atoms with E-state index in [1.165, 1.54) is 29.6 Å². The summed E-state index contributed by atoms with van der Waals surface area (Å²) in [5.41, 5.74) is 1.15. The van der Waals surface area contributed by atoms with Gasteiger partial charge in [-0.25, -0.2) is 21.1 Å². The summed E-state index contributed by atoms with van der Waals surface area (Å²) in [5, 5.41) is 0. The molecule has 172 valence electrons. The Bertz CT molecular complexity index is 1370. The van der Waals surface area contributed by atoms with Crippen LogP contribution in [-0.2, 0) is 31.4 Å². The van der Waals surface area contributed by atoms with Crippen LogP contribution in [0.4, 0.5) is 11.4 Å². The highest BCUT2D eigenvalue weighted by molar-refractivity contribution is 7.94. The van der Waals surface area contributed by atoms with Gasteiger partial charge in [-0.05, 0) is 35.9 Å². The monoisotopic (exact) mass is 486 g/mol. The molecule has 1 heterocycles. The van der Waals surface area contributed by atoms with Gasteiger partial charge in [0.25, 0.3) is 10.0 Å². The first-order chi connectivity index (χ1) is 15.7. The lowest BCUT2D eigenvalue weighted by Gasteiger charge is -2.26. The van der Waals surface area contributed by atoms with E-state index in [1.54, 1.807) is 30.3 Å². The maximum atomic E-state index is 13.9. The van der Waals surface area contributed by atoms with E-state index in [2.05, 4.69) is 0 Å². The van der Waals surface area contributed by atoms with Gasteiger partial charge in [-0.15, -0.1) is 0 Å². The summed E-state index contributed by atoms with van der Waals surface area (Å²) >= 11 is 0. The Kier molecular flexibility index (Phi) is 6.13. The first-order valence-corrected chi connectivity index (χ1v) is 13.1. The molecule has 0 atom stereocenters. The van der Waals surface area contributed by atoms with Crippen LogP contribution in [-0.4, -0.2) is 35.6 Å². The summed E-state index contributed by atoms with van der Waals surface area (Å²) in [6.07, 6.45) is -0.152. The second-order valence-corrected chi connectivity index (χ2v) is 11.2. The molecule has 1 amide bonds. The fourth-order valence-corrected chi connectivity index (χ4v) is 6.72. The van der Waals surface area contributed by atoms with Gasteiger partial charge in [0.15, 0.2) is 0 Å². The van der Waals surface area contributed by atoms with Crippen molar-refractivity contribution in [2.24, 2.45) is 0 Å². The van der Waals surface area contributed by atoms with Crippen molar-refractivity contribution in [3.8, 4) is 5.75 Å². The number of carbonyl (C=O) groups is 1. The Morgan fingerprint density at radius 1 is 0.970 bits per heavy atom. The van der Waals surface area contributed by atoms with Gasteiger partial charge in [-0.3, -0.25) is 9.10 Å². The quantitative estimate of drug-likeness (QED) is 0.509. The topological polar surface area (TPSA) is 101 Å². The van der Waals surface area contributed by atoms with Crippen LogP contribution < -0.4 is 13.3 Å². The number of hydrogen-bond acceptors (Lipinski definition) is 6. The zero-order valence-corrected chi connectivity index (χ0v) is 19.4. The van der Waals surface area contributed by atoms with Gasteiger partial charge in [0.1, 0.15) is 10.6 Å². The predicted octanol–water partition coefficient (Wildman–Crippen LogP) is 3.16. The largest absolute Gasteiger partial charge is 0.495 e. The molecular formula is C23H22N2O6S2. The van der Waals surface area contributed by atoms with Crippen molar-refractivity contribution in [3.05, 3.63) is 84.4 Å². The van der Waals surface area contributed by atoms with E-state index in [4.69, 9.17) is 4.74 Å². The Hall–Kier alpha value is -3.37. The molecule has 0 unspecified atom stereocenters. The molecule has 8 nitrogen and oxygen atoms in total. The maximum Gasteiger partial charge on any atom is 0.268 e.